The van der Waals surface area contributed by atoms with Crippen molar-refractivity contribution < 1.29 is 14.6 Å². The van der Waals surface area contributed by atoms with Crippen molar-refractivity contribution in [3.63, 3.8) is 0 Å². The molecule has 27 heavy (non-hydrogen) atoms. The molecule has 0 spiro atoms. The van der Waals surface area contributed by atoms with E-state index in [4.69, 9.17) is 9.84 Å². The third kappa shape index (κ3) is 4.46. The maximum absolute atomic E-state index is 10.7. The second kappa shape index (κ2) is 8.33. The zero-order valence-electron chi connectivity index (χ0n) is 15.9. The van der Waals surface area contributed by atoms with Crippen molar-refractivity contribution in [3.8, 4) is 5.75 Å². The second-order valence-electron chi connectivity index (χ2n) is 8.01. The Morgan fingerprint density at radius 2 is 2.00 bits per heavy atom. The van der Waals surface area contributed by atoms with E-state index in [0.717, 1.165) is 88.9 Å². The Labute approximate surface area is 160 Å². The van der Waals surface area contributed by atoms with Gasteiger partial charge in [0, 0.05) is 50.4 Å². The summed E-state index contributed by atoms with van der Waals surface area (Å²) in [5.41, 5.74) is 1.29. The molecule has 0 bridgehead atoms. The van der Waals surface area contributed by atoms with Gasteiger partial charge in [0.25, 0.3) is 0 Å². The average Bonchev–Trinajstić information content (AvgIpc) is 3.16. The predicted molar refractivity (Wildman–Crippen MR) is 104 cm³/mol. The number of ether oxygens (including phenoxy) is 1. The number of nitrogens with one attached hydrogen (secondary N) is 1. The van der Waals surface area contributed by atoms with Crippen molar-refractivity contribution in [1.29, 1.82) is 0 Å². The Balaban J connectivity index is 1.20. The monoisotopic (exact) mass is 374 g/mol. The Kier molecular flexibility index (Phi) is 5.66. The van der Waals surface area contributed by atoms with E-state index < -0.39 is 6.09 Å². The fraction of sp³-hybridized carbons (Fsp3) is 0.700. The molecule has 0 radical (unpaired) electrons. The van der Waals surface area contributed by atoms with Gasteiger partial charge in [0.2, 0.25) is 0 Å². The fourth-order valence-corrected chi connectivity index (χ4v) is 4.64. The number of amides is 1. The first kappa shape index (κ1) is 18.3. The highest BCUT2D eigenvalue weighted by atomic mass is 16.5. The van der Waals surface area contributed by atoms with Crippen LogP contribution in [0.5, 0.6) is 5.75 Å². The molecule has 3 aliphatic rings. The quantitative estimate of drug-likeness (QED) is 0.824. The van der Waals surface area contributed by atoms with Crippen LogP contribution >= 0.6 is 0 Å². The van der Waals surface area contributed by atoms with Crippen LogP contribution in [0.2, 0.25) is 0 Å². The summed E-state index contributed by atoms with van der Waals surface area (Å²) in [6.07, 6.45) is 7.48. The van der Waals surface area contributed by atoms with Crippen LogP contribution in [-0.2, 0) is 6.42 Å². The summed E-state index contributed by atoms with van der Waals surface area (Å²) in [7, 11) is 0. The molecule has 2 aliphatic heterocycles. The number of pyridine rings is 1. The molecule has 1 aromatic heterocycles. The van der Waals surface area contributed by atoms with E-state index in [2.05, 4.69) is 26.2 Å². The topological polar surface area (TPSA) is 77.9 Å². The van der Waals surface area contributed by atoms with Gasteiger partial charge in [-0.05, 0) is 50.6 Å². The molecule has 7 nitrogen and oxygen atoms in total. The number of anilines is 1. The Morgan fingerprint density at radius 3 is 2.74 bits per heavy atom. The van der Waals surface area contributed by atoms with Gasteiger partial charge >= 0.3 is 6.09 Å². The molecule has 4 rings (SSSR count). The maximum atomic E-state index is 10.7. The molecule has 0 unspecified atom stereocenters. The van der Waals surface area contributed by atoms with Gasteiger partial charge in [-0.1, -0.05) is 0 Å². The van der Waals surface area contributed by atoms with Gasteiger partial charge < -0.3 is 20.1 Å². The fourth-order valence-electron chi connectivity index (χ4n) is 4.64. The van der Waals surface area contributed by atoms with Gasteiger partial charge in [0.05, 0.1) is 6.61 Å². The number of fused-ring (bicyclic) bond motifs is 1. The van der Waals surface area contributed by atoms with Crippen LogP contribution in [0.3, 0.4) is 0 Å². The molecular weight excluding hydrogens is 344 g/mol. The van der Waals surface area contributed by atoms with E-state index in [9.17, 15) is 4.79 Å². The van der Waals surface area contributed by atoms with E-state index in [1.54, 1.807) is 0 Å². The molecule has 2 fully saturated rings. The lowest BCUT2D eigenvalue weighted by Crippen LogP contribution is -2.47. The van der Waals surface area contributed by atoms with Gasteiger partial charge in [0.1, 0.15) is 0 Å². The first-order valence-electron chi connectivity index (χ1n) is 10.3. The molecule has 3 heterocycles. The molecular formula is C20H30N4O3. The number of nitrogens with zero attached hydrogens (tertiary/aromatic N) is 3. The third-order valence-corrected chi connectivity index (χ3v) is 6.28. The lowest BCUT2D eigenvalue weighted by atomic mass is 9.84. The molecule has 7 heteroatoms. The highest BCUT2D eigenvalue weighted by Crippen LogP contribution is 2.34. The van der Waals surface area contributed by atoms with Gasteiger partial charge in [-0.3, -0.25) is 4.90 Å². The normalized spacial score (nSPS) is 25.7. The van der Waals surface area contributed by atoms with Crippen LogP contribution in [-0.4, -0.2) is 66.5 Å². The molecule has 1 saturated heterocycles. The van der Waals surface area contributed by atoms with Crippen molar-refractivity contribution in [1.82, 2.24) is 15.2 Å². The van der Waals surface area contributed by atoms with Crippen LogP contribution in [0.1, 0.15) is 37.7 Å². The summed E-state index contributed by atoms with van der Waals surface area (Å²) in [5.74, 6) is 2.76. The van der Waals surface area contributed by atoms with E-state index >= 15 is 0 Å². The van der Waals surface area contributed by atoms with Crippen molar-refractivity contribution in [2.45, 2.75) is 44.6 Å². The van der Waals surface area contributed by atoms with Gasteiger partial charge in [-0.25, -0.2) is 9.78 Å². The SMILES string of the molecule is O=C(O)NC1CCC(CCN2CCN(c3nccc4c3OCC4)CC2)CC1. The molecule has 148 valence electrons. The van der Waals surface area contributed by atoms with Crippen LogP contribution < -0.4 is 15.0 Å². The van der Waals surface area contributed by atoms with E-state index in [1.165, 1.54) is 12.0 Å². The molecule has 0 aromatic carbocycles. The minimum Gasteiger partial charge on any atom is -0.489 e. The van der Waals surface area contributed by atoms with Crippen LogP contribution in [0.4, 0.5) is 10.6 Å². The number of carboxylic acid groups (broad SMARTS) is 1. The minimum absolute atomic E-state index is 0.157. The van der Waals surface area contributed by atoms with Crippen LogP contribution in [0.25, 0.3) is 0 Å². The number of hydrogen-bond donors (Lipinski definition) is 2. The zero-order valence-corrected chi connectivity index (χ0v) is 15.9. The first-order chi connectivity index (χ1) is 13.2. The first-order valence-corrected chi connectivity index (χ1v) is 10.3. The van der Waals surface area contributed by atoms with E-state index in [0.29, 0.717) is 0 Å². The standard InChI is InChI=1S/C20H30N4O3/c25-20(26)22-17-3-1-15(2-4-17)6-9-23-10-12-24(13-11-23)19-18-16(5-8-21-19)7-14-27-18/h5,8,15,17,22H,1-4,6-7,9-14H2,(H,25,26). The maximum Gasteiger partial charge on any atom is 0.404 e. The van der Waals surface area contributed by atoms with Gasteiger partial charge in [-0.2, -0.15) is 0 Å². The summed E-state index contributed by atoms with van der Waals surface area (Å²) >= 11 is 0. The molecule has 1 aromatic rings. The highest BCUT2D eigenvalue weighted by molar-refractivity contribution is 5.64. The van der Waals surface area contributed by atoms with Crippen molar-refractivity contribution in [2.75, 3.05) is 44.2 Å². The lowest BCUT2D eigenvalue weighted by molar-refractivity contribution is 0.177. The van der Waals surface area contributed by atoms with Crippen molar-refractivity contribution >= 4 is 11.9 Å². The minimum atomic E-state index is -0.889. The summed E-state index contributed by atoms with van der Waals surface area (Å²) < 4.78 is 5.81. The largest absolute Gasteiger partial charge is 0.489 e. The van der Waals surface area contributed by atoms with Crippen molar-refractivity contribution in [3.05, 3.63) is 17.8 Å². The zero-order chi connectivity index (χ0) is 18.6. The number of carbonyl (C=O) groups is 1. The molecule has 1 amide bonds. The molecule has 1 aliphatic carbocycles. The predicted octanol–water partition coefficient (Wildman–Crippen LogP) is 2.35. The Morgan fingerprint density at radius 1 is 1.22 bits per heavy atom. The molecule has 1 saturated carbocycles. The van der Waals surface area contributed by atoms with Crippen molar-refractivity contribution in [2.24, 2.45) is 5.92 Å². The number of aromatic nitrogens is 1. The Hall–Kier alpha value is -2.02. The smallest absolute Gasteiger partial charge is 0.404 e. The highest BCUT2D eigenvalue weighted by Gasteiger charge is 2.26. The summed E-state index contributed by atoms with van der Waals surface area (Å²) in [4.78, 5) is 20.2. The Bertz CT molecular complexity index is 653. The third-order valence-electron chi connectivity index (χ3n) is 6.28. The second-order valence-corrected chi connectivity index (χ2v) is 8.01. The molecule has 0 atom stereocenters. The van der Waals surface area contributed by atoms with Crippen LogP contribution in [0.15, 0.2) is 12.3 Å². The van der Waals surface area contributed by atoms with E-state index in [1.807, 2.05) is 6.20 Å². The van der Waals surface area contributed by atoms with Gasteiger partial charge in [0.15, 0.2) is 11.6 Å². The summed E-state index contributed by atoms with van der Waals surface area (Å²) in [6.45, 7) is 6.07. The molecule has 2 N–H and O–H groups in total. The number of piperazine rings is 1. The lowest BCUT2D eigenvalue weighted by Gasteiger charge is -2.37. The van der Waals surface area contributed by atoms with Gasteiger partial charge in [-0.15, -0.1) is 0 Å². The number of rotatable bonds is 5. The number of hydrogen-bond acceptors (Lipinski definition) is 5. The van der Waals surface area contributed by atoms with E-state index in [-0.39, 0.29) is 6.04 Å². The van der Waals surface area contributed by atoms with Crippen LogP contribution in [0, 0.1) is 5.92 Å². The summed E-state index contributed by atoms with van der Waals surface area (Å²) in [6, 6.07) is 2.23. The summed E-state index contributed by atoms with van der Waals surface area (Å²) in [5, 5.41) is 11.5. The average molecular weight is 374 g/mol.